The zero-order valence-electron chi connectivity index (χ0n) is 23.9. The number of hydrogen-bond donors (Lipinski definition) is 2. The summed E-state index contributed by atoms with van der Waals surface area (Å²) in [6.07, 6.45) is 7.55. The van der Waals surface area contributed by atoms with Crippen LogP contribution in [0.25, 0.3) is 0 Å². The lowest BCUT2D eigenvalue weighted by atomic mass is 9.85. The van der Waals surface area contributed by atoms with Gasteiger partial charge < -0.3 is 24.4 Å². The van der Waals surface area contributed by atoms with Crippen LogP contribution in [0.5, 0.6) is 0 Å². The minimum atomic E-state index is -3.12. The average Bonchev–Trinajstić information content (AvgIpc) is 3.25. The van der Waals surface area contributed by atoms with Gasteiger partial charge in [0, 0.05) is 25.9 Å². The summed E-state index contributed by atoms with van der Waals surface area (Å²) in [4.78, 5) is 12.0. The fourth-order valence-electron chi connectivity index (χ4n) is 5.74. The van der Waals surface area contributed by atoms with Crippen LogP contribution in [0.15, 0.2) is 42.5 Å². The van der Waals surface area contributed by atoms with E-state index in [1.165, 1.54) is 0 Å². The Balaban J connectivity index is 1.48. The molecule has 0 bridgehead atoms. The van der Waals surface area contributed by atoms with Crippen molar-refractivity contribution in [1.29, 1.82) is 0 Å². The second-order valence-corrected chi connectivity index (χ2v) is 11.3. The van der Waals surface area contributed by atoms with Crippen molar-refractivity contribution in [3.63, 3.8) is 0 Å². The number of esters is 1. The molecular formula is C32H48F2O6. The van der Waals surface area contributed by atoms with Crippen LogP contribution >= 0.6 is 0 Å². The molecule has 0 radical (unpaired) electrons. The number of halogens is 2. The number of allylic oxidation sites excluding steroid dienone is 2. The molecule has 2 aliphatic rings. The van der Waals surface area contributed by atoms with Crippen molar-refractivity contribution in [2.75, 3.05) is 6.61 Å². The monoisotopic (exact) mass is 566 g/mol. The van der Waals surface area contributed by atoms with E-state index in [1.807, 2.05) is 49.4 Å². The summed E-state index contributed by atoms with van der Waals surface area (Å²) in [5, 5.41) is 21.2. The SMILES string of the molecule is CCCCC(F)(F)C(O)CC[C@@H]1[C@@H](C/C=C/CCCC(=O)OCc2ccccc2)[C@@H](O)C[C@H]1OC1CCCCO1. The molecule has 1 aliphatic heterocycles. The first kappa shape index (κ1) is 32.6. The van der Waals surface area contributed by atoms with Crippen molar-refractivity contribution in [2.24, 2.45) is 11.8 Å². The normalized spacial score (nSPS) is 26.3. The molecule has 226 valence electrons. The Kier molecular flexibility index (Phi) is 14.0. The van der Waals surface area contributed by atoms with E-state index in [1.54, 1.807) is 0 Å². The maximum Gasteiger partial charge on any atom is 0.306 e. The van der Waals surface area contributed by atoms with E-state index in [4.69, 9.17) is 14.2 Å². The van der Waals surface area contributed by atoms with Gasteiger partial charge in [0.1, 0.15) is 12.7 Å². The van der Waals surface area contributed by atoms with Gasteiger partial charge in [-0.1, -0.05) is 55.8 Å². The van der Waals surface area contributed by atoms with Gasteiger partial charge in [-0.25, -0.2) is 8.78 Å². The second-order valence-electron chi connectivity index (χ2n) is 11.3. The number of carbonyl (C=O) groups excluding carboxylic acids is 1. The minimum absolute atomic E-state index is 0.0369. The van der Waals surface area contributed by atoms with Crippen LogP contribution in [0.3, 0.4) is 0 Å². The van der Waals surface area contributed by atoms with Gasteiger partial charge in [0.15, 0.2) is 6.29 Å². The summed E-state index contributed by atoms with van der Waals surface area (Å²) >= 11 is 0. The quantitative estimate of drug-likeness (QED) is 0.124. The third kappa shape index (κ3) is 10.8. The zero-order chi connectivity index (χ0) is 28.8. The van der Waals surface area contributed by atoms with Gasteiger partial charge in [0.2, 0.25) is 0 Å². The molecule has 0 amide bonds. The summed E-state index contributed by atoms with van der Waals surface area (Å²) in [5.74, 6) is -3.66. The number of aliphatic hydroxyl groups excluding tert-OH is 2. The predicted molar refractivity (Wildman–Crippen MR) is 150 cm³/mol. The van der Waals surface area contributed by atoms with E-state index < -0.39 is 18.1 Å². The Morgan fingerprint density at radius 3 is 2.70 bits per heavy atom. The van der Waals surface area contributed by atoms with E-state index in [2.05, 4.69) is 0 Å². The second kappa shape index (κ2) is 17.2. The largest absolute Gasteiger partial charge is 0.461 e. The third-order valence-corrected chi connectivity index (χ3v) is 8.15. The Bertz CT molecular complexity index is 873. The molecule has 0 spiro atoms. The van der Waals surface area contributed by atoms with Crippen molar-refractivity contribution in [3.8, 4) is 0 Å². The molecule has 0 aromatic heterocycles. The molecule has 1 aromatic carbocycles. The molecule has 40 heavy (non-hydrogen) atoms. The number of alkyl halides is 2. The van der Waals surface area contributed by atoms with Crippen molar-refractivity contribution in [1.82, 2.24) is 0 Å². The Hall–Kier alpha value is -1.87. The fourth-order valence-corrected chi connectivity index (χ4v) is 5.74. The first-order chi connectivity index (χ1) is 19.3. The number of unbranched alkanes of at least 4 members (excludes halogenated alkanes) is 2. The van der Waals surface area contributed by atoms with Crippen molar-refractivity contribution in [2.45, 2.75) is 128 Å². The summed E-state index contributed by atoms with van der Waals surface area (Å²) in [6.45, 7) is 2.76. The molecule has 1 saturated heterocycles. The lowest BCUT2D eigenvalue weighted by Crippen LogP contribution is -2.36. The number of carbonyl (C=O) groups is 1. The van der Waals surface area contributed by atoms with E-state index in [0.717, 1.165) is 24.8 Å². The van der Waals surface area contributed by atoms with Crippen LogP contribution in [-0.4, -0.2) is 53.3 Å². The molecule has 2 unspecified atom stereocenters. The van der Waals surface area contributed by atoms with Gasteiger partial charge in [0.05, 0.1) is 12.2 Å². The molecule has 3 rings (SSSR count). The third-order valence-electron chi connectivity index (χ3n) is 8.15. The van der Waals surface area contributed by atoms with Crippen LogP contribution < -0.4 is 0 Å². The van der Waals surface area contributed by atoms with Gasteiger partial charge in [-0.2, -0.15) is 0 Å². The highest BCUT2D eigenvalue weighted by atomic mass is 19.3. The lowest BCUT2D eigenvalue weighted by Gasteiger charge is -2.31. The maximum absolute atomic E-state index is 14.4. The van der Waals surface area contributed by atoms with E-state index in [0.29, 0.717) is 58.0 Å². The van der Waals surface area contributed by atoms with Crippen LogP contribution in [0, 0.1) is 11.8 Å². The van der Waals surface area contributed by atoms with E-state index >= 15 is 0 Å². The maximum atomic E-state index is 14.4. The topological polar surface area (TPSA) is 85.2 Å². The molecule has 1 saturated carbocycles. The molecule has 1 aromatic rings. The molecule has 2 N–H and O–H groups in total. The van der Waals surface area contributed by atoms with Crippen molar-refractivity contribution < 1.29 is 38.0 Å². The first-order valence-corrected chi connectivity index (χ1v) is 15.2. The van der Waals surface area contributed by atoms with Crippen molar-refractivity contribution in [3.05, 3.63) is 48.0 Å². The van der Waals surface area contributed by atoms with Gasteiger partial charge in [-0.15, -0.1) is 0 Å². The number of hydrogen-bond acceptors (Lipinski definition) is 6. The van der Waals surface area contributed by atoms with Crippen molar-refractivity contribution >= 4 is 5.97 Å². The van der Waals surface area contributed by atoms with Crippen LogP contribution in [0.4, 0.5) is 8.78 Å². The molecule has 6 nitrogen and oxygen atoms in total. The van der Waals surface area contributed by atoms with Gasteiger partial charge in [-0.3, -0.25) is 4.79 Å². The molecule has 1 aliphatic carbocycles. The number of rotatable bonds is 17. The molecule has 2 fully saturated rings. The molecular weight excluding hydrogens is 518 g/mol. The van der Waals surface area contributed by atoms with Gasteiger partial charge in [-0.05, 0) is 75.2 Å². The van der Waals surface area contributed by atoms with Crippen LogP contribution in [0.1, 0.15) is 96.0 Å². The number of ether oxygens (including phenoxy) is 3. The van der Waals surface area contributed by atoms with Crippen LogP contribution in [-0.2, 0) is 25.6 Å². The average molecular weight is 567 g/mol. The molecule has 8 heteroatoms. The number of benzene rings is 1. The minimum Gasteiger partial charge on any atom is -0.461 e. The first-order valence-electron chi connectivity index (χ1n) is 15.2. The zero-order valence-corrected chi connectivity index (χ0v) is 23.9. The fraction of sp³-hybridized carbons (Fsp3) is 0.719. The van der Waals surface area contributed by atoms with E-state index in [9.17, 15) is 23.8 Å². The highest BCUT2D eigenvalue weighted by Gasteiger charge is 2.45. The number of aliphatic hydroxyl groups is 2. The highest BCUT2D eigenvalue weighted by Crippen LogP contribution is 2.42. The Morgan fingerprint density at radius 2 is 1.98 bits per heavy atom. The summed E-state index contributed by atoms with van der Waals surface area (Å²) in [7, 11) is 0. The molecule has 1 heterocycles. The Morgan fingerprint density at radius 1 is 1.18 bits per heavy atom. The predicted octanol–water partition coefficient (Wildman–Crippen LogP) is 6.72. The highest BCUT2D eigenvalue weighted by molar-refractivity contribution is 5.69. The summed E-state index contributed by atoms with van der Waals surface area (Å²) in [5.41, 5.74) is 0.954. The standard InChI is InChI=1S/C32H48F2O6/c1-2-3-20-32(33,34)29(36)19-18-26-25(27(35)22-28(26)40-31-17-11-12-21-38-31)15-9-4-5-10-16-30(37)39-23-24-13-7-6-8-14-24/h4,6-9,13-14,25-29,31,35-36H,2-3,5,10-12,15-23H2,1H3/b9-4+/t25-,26-,27+,28-,29?,31?/m1/s1. The summed E-state index contributed by atoms with van der Waals surface area (Å²) in [6, 6.07) is 9.56. The van der Waals surface area contributed by atoms with E-state index in [-0.39, 0.29) is 49.6 Å². The van der Waals surface area contributed by atoms with Gasteiger partial charge >= 0.3 is 5.97 Å². The smallest absolute Gasteiger partial charge is 0.306 e. The van der Waals surface area contributed by atoms with Gasteiger partial charge in [0.25, 0.3) is 5.92 Å². The summed E-state index contributed by atoms with van der Waals surface area (Å²) < 4.78 is 46.2. The lowest BCUT2D eigenvalue weighted by molar-refractivity contribution is -0.197. The Labute approximate surface area is 238 Å². The molecule has 6 atom stereocenters. The van der Waals surface area contributed by atoms with Crippen LogP contribution in [0.2, 0.25) is 0 Å².